The van der Waals surface area contributed by atoms with Gasteiger partial charge < -0.3 is 15.5 Å². The van der Waals surface area contributed by atoms with Crippen molar-refractivity contribution in [2.45, 2.75) is 38.1 Å². The lowest BCUT2D eigenvalue weighted by molar-refractivity contribution is -0.122. The number of piperidine rings is 1. The standard InChI is InChI=1S/C12H21N3O2/c16-11(14-10-8-12(17)13-9-10)4-7-15-5-2-1-3-6-15/h10H,1-9H2,(H,13,17)(H,14,16). The third-order valence-corrected chi connectivity index (χ3v) is 3.45. The second-order valence-electron chi connectivity index (χ2n) is 4.92. The predicted octanol–water partition coefficient (Wildman–Crippen LogP) is -0.133. The van der Waals surface area contributed by atoms with Gasteiger partial charge in [-0.05, 0) is 25.9 Å². The highest BCUT2D eigenvalue weighted by Gasteiger charge is 2.22. The molecule has 0 spiro atoms. The molecule has 0 radical (unpaired) electrons. The van der Waals surface area contributed by atoms with Gasteiger partial charge in [0.2, 0.25) is 11.8 Å². The molecule has 0 saturated carbocycles. The van der Waals surface area contributed by atoms with Crippen molar-refractivity contribution in [1.82, 2.24) is 15.5 Å². The largest absolute Gasteiger partial charge is 0.354 e. The van der Waals surface area contributed by atoms with Gasteiger partial charge in [0.05, 0.1) is 6.04 Å². The first-order valence-corrected chi connectivity index (χ1v) is 6.52. The molecular weight excluding hydrogens is 218 g/mol. The zero-order valence-electron chi connectivity index (χ0n) is 10.2. The average molecular weight is 239 g/mol. The van der Waals surface area contributed by atoms with Gasteiger partial charge in [0.15, 0.2) is 0 Å². The molecule has 0 aromatic heterocycles. The molecular formula is C12H21N3O2. The van der Waals surface area contributed by atoms with Gasteiger partial charge in [-0.25, -0.2) is 0 Å². The monoisotopic (exact) mass is 239 g/mol. The normalized spacial score (nSPS) is 25.6. The third kappa shape index (κ3) is 4.00. The van der Waals surface area contributed by atoms with E-state index < -0.39 is 0 Å². The molecule has 2 N–H and O–H groups in total. The molecule has 0 aromatic rings. The van der Waals surface area contributed by atoms with Crippen LogP contribution >= 0.6 is 0 Å². The van der Waals surface area contributed by atoms with Crippen molar-refractivity contribution in [3.8, 4) is 0 Å². The molecule has 1 unspecified atom stereocenters. The Labute approximate surface area is 102 Å². The SMILES string of the molecule is O=C1CC(NC(=O)CCN2CCCCC2)CN1. The zero-order chi connectivity index (χ0) is 12.1. The van der Waals surface area contributed by atoms with Crippen molar-refractivity contribution < 1.29 is 9.59 Å². The number of hydrogen-bond donors (Lipinski definition) is 2. The van der Waals surface area contributed by atoms with Crippen molar-refractivity contribution >= 4 is 11.8 Å². The molecule has 0 bridgehead atoms. The first-order valence-electron chi connectivity index (χ1n) is 6.52. The van der Waals surface area contributed by atoms with E-state index in [0.29, 0.717) is 19.4 Å². The highest BCUT2D eigenvalue weighted by molar-refractivity contribution is 5.82. The molecule has 2 saturated heterocycles. The van der Waals surface area contributed by atoms with E-state index >= 15 is 0 Å². The quantitative estimate of drug-likeness (QED) is 0.718. The number of nitrogens with one attached hydrogen (secondary N) is 2. The fourth-order valence-electron chi connectivity index (χ4n) is 2.45. The molecule has 2 fully saturated rings. The number of carbonyl (C=O) groups excluding carboxylic acids is 2. The van der Waals surface area contributed by atoms with Gasteiger partial charge >= 0.3 is 0 Å². The van der Waals surface area contributed by atoms with Gasteiger partial charge in [0.1, 0.15) is 0 Å². The van der Waals surface area contributed by atoms with Gasteiger partial charge in [0, 0.05) is 25.9 Å². The number of hydrogen-bond acceptors (Lipinski definition) is 3. The van der Waals surface area contributed by atoms with Crippen LogP contribution in [0, 0.1) is 0 Å². The van der Waals surface area contributed by atoms with Gasteiger partial charge in [-0.1, -0.05) is 6.42 Å². The van der Waals surface area contributed by atoms with Crippen LogP contribution in [0.1, 0.15) is 32.1 Å². The molecule has 0 aliphatic carbocycles. The van der Waals surface area contributed by atoms with Crippen LogP contribution in [0.25, 0.3) is 0 Å². The number of amides is 2. The summed E-state index contributed by atoms with van der Waals surface area (Å²) in [7, 11) is 0. The average Bonchev–Trinajstić information content (AvgIpc) is 2.73. The molecule has 2 rings (SSSR count). The Morgan fingerprint density at radius 3 is 2.76 bits per heavy atom. The van der Waals surface area contributed by atoms with Crippen molar-refractivity contribution in [1.29, 1.82) is 0 Å². The number of rotatable bonds is 4. The fraction of sp³-hybridized carbons (Fsp3) is 0.833. The topological polar surface area (TPSA) is 61.4 Å². The van der Waals surface area contributed by atoms with Crippen LogP contribution in [-0.4, -0.2) is 48.9 Å². The van der Waals surface area contributed by atoms with Crippen LogP contribution < -0.4 is 10.6 Å². The van der Waals surface area contributed by atoms with E-state index in [4.69, 9.17) is 0 Å². The Kier molecular flexibility index (Phi) is 4.36. The van der Waals surface area contributed by atoms with Crippen molar-refractivity contribution in [3.05, 3.63) is 0 Å². The summed E-state index contributed by atoms with van der Waals surface area (Å²) in [5.41, 5.74) is 0. The third-order valence-electron chi connectivity index (χ3n) is 3.45. The molecule has 0 aromatic carbocycles. The minimum atomic E-state index is -0.00337. The highest BCUT2D eigenvalue weighted by atomic mass is 16.2. The molecule has 2 aliphatic rings. The number of nitrogens with zero attached hydrogens (tertiary/aromatic N) is 1. The Balaban J connectivity index is 1.61. The highest BCUT2D eigenvalue weighted by Crippen LogP contribution is 2.08. The van der Waals surface area contributed by atoms with Gasteiger partial charge in [0.25, 0.3) is 0 Å². The van der Waals surface area contributed by atoms with Crippen LogP contribution in [0.3, 0.4) is 0 Å². The lowest BCUT2D eigenvalue weighted by Gasteiger charge is -2.26. The van der Waals surface area contributed by atoms with E-state index in [0.717, 1.165) is 19.6 Å². The second kappa shape index (κ2) is 6.00. The minimum absolute atomic E-state index is 0.00337. The van der Waals surface area contributed by atoms with Crippen molar-refractivity contribution in [2.24, 2.45) is 0 Å². The van der Waals surface area contributed by atoms with Crippen molar-refractivity contribution in [2.75, 3.05) is 26.2 Å². The molecule has 5 heteroatoms. The van der Waals surface area contributed by atoms with E-state index in [1.54, 1.807) is 0 Å². The second-order valence-corrected chi connectivity index (χ2v) is 4.92. The van der Waals surface area contributed by atoms with E-state index in [9.17, 15) is 9.59 Å². The van der Waals surface area contributed by atoms with Crippen LogP contribution in [0.5, 0.6) is 0 Å². The van der Waals surface area contributed by atoms with Gasteiger partial charge in [-0.2, -0.15) is 0 Å². The molecule has 2 amide bonds. The summed E-state index contributed by atoms with van der Waals surface area (Å²) < 4.78 is 0. The first-order chi connectivity index (χ1) is 8.24. The minimum Gasteiger partial charge on any atom is -0.354 e. The number of likely N-dealkylation sites (tertiary alicyclic amines) is 1. The molecule has 1 atom stereocenters. The molecule has 2 aliphatic heterocycles. The summed E-state index contributed by atoms with van der Waals surface area (Å²) in [6.45, 7) is 3.67. The molecule has 96 valence electrons. The Morgan fingerprint density at radius 2 is 2.12 bits per heavy atom. The Hall–Kier alpha value is -1.10. The van der Waals surface area contributed by atoms with Gasteiger partial charge in [-0.15, -0.1) is 0 Å². The Morgan fingerprint density at radius 1 is 1.35 bits per heavy atom. The van der Waals surface area contributed by atoms with Crippen LogP contribution in [0.4, 0.5) is 0 Å². The van der Waals surface area contributed by atoms with Crippen LogP contribution in [-0.2, 0) is 9.59 Å². The smallest absolute Gasteiger partial charge is 0.222 e. The van der Waals surface area contributed by atoms with E-state index in [2.05, 4.69) is 15.5 Å². The Bertz CT molecular complexity index is 287. The lowest BCUT2D eigenvalue weighted by Crippen LogP contribution is -2.39. The summed E-state index contributed by atoms with van der Waals surface area (Å²) >= 11 is 0. The van der Waals surface area contributed by atoms with Crippen LogP contribution in [0.15, 0.2) is 0 Å². The summed E-state index contributed by atoms with van der Waals surface area (Å²) in [6, 6.07) is -0.00337. The van der Waals surface area contributed by atoms with Crippen LogP contribution in [0.2, 0.25) is 0 Å². The summed E-state index contributed by atoms with van der Waals surface area (Å²) in [5.74, 6) is 0.100. The predicted molar refractivity (Wildman–Crippen MR) is 64.5 cm³/mol. The summed E-state index contributed by atoms with van der Waals surface area (Å²) in [5, 5.41) is 5.62. The zero-order valence-corrected chi connectivity index (χ0v) is 10.2. The first kappa shape index (κ1) is 12.4. The summed E-state index contributed by atoms with van der Waals surface area (Å²) in [6.07, 6.45) is 4.80. The molecule has 17 heavy (non-hydrogen) atoms. The lowest BCUT2D eigenvalue weighted by atomic mass is 10.1. The fourth-order valence-corrected chi connectivity index (χ4v) is 2.45. The molecule has 2 heterocycles. The molecule has 5 nitrogen and oxygen atoms in total. The summed E-state index contributed by atoms with van der Waals surface area (Å²) in [4.78, 5) is 25.0. The van der Waals surface area contributed by atoms with E-state index in [1.807, 2.05) is 0 Å². The van der Waals surface area contributed by atoms with E-state index in [-0.39, 0.29) is 17.9 Å². The van der Waals surface area contributed by atoms with E-state index in [1.165, 1.54) is 19.3 Å². The number of carbonyl (C=O) groups is 2. The maximum Gasteiger partial charge on any atom is 0.222 e. The van der Waals surface area contributed by atoms with Gasteiger partial charge in [-0.3, -0.25) is 9.59 Å². The maximum absolute atomic E-state index is 11.7. The maximum atomic E-state index is 11.7. The van der Waals surface area contributed by atoms with Crippen molar-refractivity contribution in [3.63, 3.8) is 0 Å².